The summed E-state index contributed by atoms with van der Waals surface area (Å²) in [5.74, 6) is 0.386. The number of hydrogen-bond donors (Lipinski definition) is 1. The van der Waals surface area contributed by atoms with Gasteiger partial charge < -0.3 is 9.84 Å². The molecular formula is C15H20O3. The average Bonchev–Trinajstić information content (AvgIpc) is 2.50. The summed E-state index contributed by atoms with van der Waals surface area (Å²) in [5, 5.41) is 9.93. The lowest BCUT2D eigenvalue weighted by Gasteiger charge is -2.49. The second-order valence-corrected chi connectivity index (χ2v) is 6.40. The Bertz CT molecular complexity index is 451. The molecule has 5 atom stereocenters. The monoisotopic (exact) mass is 248 g/mol. The van der Waals surface area contributed by atoms with E-state index in [0.29, 0.717) is 11.5 Å². The lowest BCUT2D eigenvalue weighted by atomic mass is 9.56. The molecule has 3 nitrogen and oxygen atoms in total. The zero-order chi connectivity index (χ0) is 13.1. The van der Waals surface area contributed by atoms with Crippen molar-refractivity contribution in [2.45, 2.75) is 45.3 Å². The van der Waals surface area contributed by atoms with Crippen LogP contribution in [0.1, 0.15) is 33.1 Å². The van der Waals surface area contributed by atoms with Crippen LogP contribution >= 0.6 is 0 Å². The highest BCUT2D eigenvalue weighted by Gasteiger charge is 2.53. The average molecular weight is 248 g/mol. The first-order valence-corrected chi connectivity index (χ1v) is 6.67. The van der Waals surface area contributed by atoms with Crippen LogP contribution in [0, 0.1) is 17.3 Å². The molecule has 18 heavy (non-hydrogen) atoms. The minimum atomic E-state index is -0.358. The third-order valence-corrected chi connectivity index (χ3v) is 5.10. The van der Waals surface area contributed by atoms with E-state index in [9.17, 15) is 9.90 Å². The maximum absolute atomic E-state index is 11.6. The summed E-state index contributed by atoms with van der Waals surface area (Å²) in [4.78, 5) is 11.6. The molecule has 0 aromatic heterocycles. The van der Waals surface area contributed by atoms with E-state index in [1.165, 1.54) is 5.57 Å². The van der Waals surface area contributed by atoms with Gasteiger partial charge in [-0.1, -0.05) is 25.2 Å². The van der Waals surface area contributed by atoms with Gasteiger partial charge in [0.05, 0.1) is 6.10 Å². The van der Waals surface area contributed by atoms with Gasteiger partial charge in [-0.15, -0.1) is 0 Å². The van der Waals surface area contributed by atoms with Crippen LogP contribution < -0.4 is 0 Å². The largest absolute Gasteiger partial charge is 0.458 e. The number of fused-ring (bicyclic) bond motifs is 2. The molecule has 5 unspecified atom stereocenters. The number of esters is 1. The fourth-order valence-electron chi connectivity index (χ4n) is 4.21. The molecule has 1 aliphatic heterocycles. The minimum absolute atomic E-state index is 0.0238. The normalized spacial score (nSPS) is 47.2. The Morgan fingerprint density at radius 2 is 2.22 bits per heavy atom. The predicted octanol–water partition coefficient (Wildman–Crippen LogP) is 2.21. The van der Waals surface area contributed by atoms with E-state index < -0.39 is 0 Å². The van der Waals surface area contributed by atoms with Crippen molar-refractivity contribution in [3.8, 4) is 0 Å². The van der Waals surface area contributed by atoms with Gasteiger partial charge in [0.1, 0.15) is 6.10 Å². The van der Waals surface area contributed by atoms with Crippen molar-refractivity contribution in [2.75, 3.05) is 0 Å². The van der Waals surface area contributed by atoms with Crippen molar-refractivity contribution in [2.24, 2.45) is 17.3 Å². The molecule has 1 saturated heterocycles. The third-order valence-electron chi connectivity index (χ3n) is 5.10. The molecule has 0 aromatic rings. The smallest absolute Gasteiger partial charge is 0.334 e. The van der Waals surface area contributed by atoms with E-state index in [-0.39, 0.29) is 29.5 Å². The fraction of sp³-hybridized carbons (Fsp3) is 0.667. The van der Waals surface area contributed by atoms with Gasteiger partial charge in [-0.05, 0) is 37.5 Å². The summed E-state index contributed by atoms with van der Waals surface area (Å²) < 4.78 is 5.42. The molecule has 1 heterocycles. The van der Waals surface area contributed by atoms with E-state index >= 15 is 0 Å². The maximum atomic E-state index is 11.6. The van der Waals surface area contributed by atoms with Crippen molar-refractivity contribution in [3.63, 3.8) is 0 Å². The van der Waals surface area contributed by atoms with Crippen molar-refractivity contribution in [3.05, 3.63) is 23.8 Å². The van der Waals surface area contributed by atoms with Crippen molar-refractivity contribution >= 4 is 5.97 Å². The summed E-state index contributed by atoms with van der Waals surface area (Å²) >= 11 is 0. The Kier molecular flexibility index (Phi) is 2.46. The van der Waals surface area contributed by atoms with E-state index in [2.05, 4.69) is 20.4 Å². The van der Waals surface area contributed by atoms with E-state index in [1.54, 1.807) is 0 Å². The van der Waals surface area contributed by atoms with Crippen molar-refractivity contribution < 1.29 is 14.6 Å². The Labute approximate surface area is 108 Å². The van der Waals surface area contributed by atoms with E-state index in [0.717, 1.165) is 19.3 Å². The number of carbonyl (C=O) groups excluding carboxylic acids is 1. The number of hydrogen-bond acceptors (Lipinski definition) is 3. The van der Waals surface area contributed by atoms with Crippen molar-refractivity contribution in [1.82, 2.24) is 0 Å². The third kappa shape index (κ3) is 1.57. The highest BCUT2D eigenvalue weighted by Crippen LogP contribution is 2.55. The lowest BCUT2D eigenvalue weighted by Crippen LogP contribution is -2.45. The van der Waals surface area contributed by atoms with Gasteiger partial charge in [-0.3, -0.25) is 0 Å². The molecule has 3 heteroatoms. The van der Waals surface area contributed by atoms with Crippen LogP contribution in [-0.4, -0.2) is 23.3 Å². The zero-order valence-corrected chi connectivity index (χ0v) is 11.0. The number of aliphatic hydroxyl groups is 1. The Balaban J connectivity index is 1.94. The van der Waals surface area contributed by atoms with Gasteiger partial charge in [-0.2, -0.15) is 0 Å². The molecule has 3 rings (SSSR count). The first-order chi connectivity index (χ1) is 8.40. The molecule has 2 fully saturated rings. The van der Waals surface area contributed by atoms with Crippen LogP contribution in [0.25, 0.3) is 0 Å². The van der Waals surface area contributed by atoms with Gasteiger partial charge >= 0.3 is 5.97 Å². The molecule has 1 N–H and O–H groups in total. The Morgan fingerprint density at radius 1 is 1.50 bits per heavy atom. The van der Waals surface area contributed by atoms with Gasteiger partial charge in [0.2, 0.25) is 0 Å². The highest BCUT2D eigenvalue weighted by molar-refractivity contribution is 5.90. The predicted molar refractivity (Wildman–Crippen MR) is 67.7 cm³/mol. The van der Waals surface area contributed by atoms with Gasteiger partial charge in [0.25, 0.3) is 0 Å². The molecule has 0 spiro atoms. The number of carbonyl (C=O) groups is 1. The first-order valence-electron chi connectivity index (χ1n) is 6.67. The molecule has 1 saturated carbocycles. The topological polar surface area (TPSA) is 46.5 Å². The zero-order valence-electron chi connectivity index (χ0n) is 11.0. The SMILES string of the molecule is C=C1C(=O)OC2CC3(C)CC(O)C=C(C)C3CC12. The van der Waals surface area contributed by atoms with Crippen LogP contribution in [0.3, 0.4) is 0 Å². The minimum Gasteiger partial charge on any atom is -0.458 e. The molecule has 0 bridgehead atoms. The number of rotatable bonds is 0. The molecular weight excluding hydrogens is 228 g/mol. The van der Waals surface area contributed by atoms with Gasteiger partial charge in [0, 0.05) is 11.5 Å². The lowest BCUT2D eigenvalue weighted by molar-refractivity contribution is -0.142. The van der Waals surface area contributed by atoms with E-state index in [1.807, 2.05) is 6.08 Å². The number of allylic oxidation sites excluding steroid dienone is 1. The first kappa shape index (κ1) is 12.0. The van der Waals surface area contributed by atoms with E-state index in [4.69, 9.17) is 4.74 Å². The highest BCUT2D eigenvalue weighted by atomic mass is 16.6. The summed E-state index contributed by atoms with van der Waals surface area (Å²) in [5.41, 5.74) is 1.94. The summed E-state index contributed by atoms with van der Waals surface area (Å²) in [6.07, 6.45) is 4.12. The van der Waals surface area contributed by atoms with Crippen LogP contribution in [-0.2, 0) is 9.53 Å². The van der Waals surface area contributed by atoms with Gasteiger partial charge in [0.15, 0.2) is 0 Å². The second kappa shape index (κ2) is 3.70. The molecule has 98 valence electrons. The van der Waals surface area contributed by atoms with Crippen LogP contribution in [0.15, 0.2) is 23.8 Å². The maximum Gasteiger partial charge on any atom is 0.334 e. The molecule has 0 radical (unpaired) electrons. The Morgan fingerprint density at radius 3 is 2.94 bits per heavy atom. The van der Waals surface area contributed by atoms with Crippen LogP contribution in [0.5, 0.6) is 0 Å². The van der Waals surface area contributed by atoms with Gasteiger partial charge in [-0.25, -0.2) is 4.79 Å². The molecule has 2 aliphatic carbocycles. The molecule has 3 aliphatic rings. The quantitative estimate of drug-likeness (QED) is 0.406. The molecule has 0 aromatic carbocycles. The fourth-order valence-corrected chi connectivity index (χ4v) is 4.21. The number of aliphatic hydroxyl groups excluding tert-OH is 1. The summed E-state index contributed by atoms with van der Waals surface area (Å²) in [6.45, 7) is 8.18. The number of ether oxygens (including phenoxy) is 1. The molecule has 0 amide bonds. The van der Waals surface area contributed by atoms with Crippen LogP contribution in [0.4, 0.5) is 0 Å². The Hall–Kier alpha value is -1.09. The standard InChI is InChI=1S/C15H20O3/c1-8-4-10(16)6-15(3)7-13-11(5-12(8)15)9(2)14(17)18-13/h4,10-13,16H,2,5-7H2,1,3H3. The van der Waals surface area contributed by atoms with Crippen LogP contribution in [0.2, 0.25) is 0 Å². The second-order valence-electron chi connectivity index (χ2n) is 6.40. The summed E-state index contributed by atoms with van der Waals surface area (Å²) in [6, 6.07) is 0. The van der Waals surface area contributed by atoms with Crippen molar-refractivity contribution in [1.29, 1.82) is 0 Å². The summed E-state index contributed by atoms with van der Waals surface area (Å²) in [7, 11) is 0.